The van der Waals surface area contributed by atoms with Gasteiger partial charge in [-0.3, -0.25) is 0 Å². The van der Waals surface area contributed by atoms with Gasteiger partial charge in [-0.25, -0.2) is 4.79 Å². The number of carbonyl (C=O) groups is 1. The lowest BCUT2D eigenvalue weighted by molar-refractivity contribution is 0.0527. The van der Waals surface area contributed by atoms with Crippen LogP contribution >= 0.6 is 0 Å². The number of ether oxygens (including phenoxy) is 1. The van der Waals surface area contributed by atoms with Gasteiger partial charge in [0.05, 0.1) is 12.8 Å². The van der Waals surface area contributed by atoms with E-state index in [1.54, 1.807) is 19.1 Å². The number of hydrogen-bond acceptors (Lipinski definition) is 7. The molecule has 0 aliphatic rings. The SMILES string of the molecule is CCOC(=O)c1cnn(-c2ccc(NCc3ccccc3)nn2)c1N. The molecule has 3 N–H and O–H groups in total. The molecule has 3 rings (SSSR count). The van der Waals surface area contributed by atoms with Crippen LogP contribution in [-0.2, 0) is 11.3 Å². The molecule has 1 aromatic carbocycles. The zero-order valence-corrected chi connectivity index (χ0v) is 13.7. The summed E-state index contributed by atoms with van der Waals surface area (Å²) >= 11 is 0. The van der Waals surface area contributed by atoms with E-state index in [0.29, 0.717) is 18.2 Å². The second-order valence-corrected chi connectivity index (χ2v) is 5.19. The molecule has 2 aromatic heterocycles. The third kappa shape index (κ3) is 3.74. The van der Waals surface area contributed by atoms with E-state index in [4.69, 9.17) is 10.5 Å². The first-order chi connectivity index (χ1) is 12.2. The molecule has 0 saturated carbocycles. The minimum Gasteiger partial charge on any atom is -0.462 e. The summed E-state index contributed by atoms with van der Waals surface area (Å²) in [6, 6.07) is 13.5. The number of aromatic nitrogens is 4. The molecular weight excluding hydrogens is 320 g/mol. The average molecular weight is 338 g/mol. The van der Waals surface area contributed by atoms with Gasteiger partial charge in [-0.15, -0.1) is 10.2 Å². The Kier molecular flexibility index (Phi) is 4.89. The van der Waals surface area contributed by atoms with Crippen molar-refractivity contribution in [2.24, 2.45) is 0 Å². The van der Waals surface area contributed by atoms with Crippen LogP contribution in [0, 0.1) is 0 Å². The molecule has 0 unspecified atom stereocenters. The molecule has 128 valence electrons. The van der Waals surface area contributed by atoms with Crippen molar-refractivity contribution < 1.29 is 9.53 Å². The summed E-state index contributed by atoms with van der Waals surface area (Å²) in [5.41, 5.74) is 7.30. The molecule has 2 heterocycles. The molecule has 0 radical (unpaired) electrons. The Hall–Kier alpha value is -3.42. The smallest absolute Gasteiger partial charge is 0.343 e. The van der Waals surface area contributed by atoms with Crippen LogP contribution in [0.2, 0.25) is 0 Å². The van der Waals surface area contributed by atoms with Crippen LogP contribution in [0.3, 0.4) is 0 Å². The highest BCUT2D eigenvalue weighted by Gasteiger charge is 2.17. The van der Waals surface area contributed by atoms with Gasteiger partial charge in [0.2, 0.25) is 0 Å². The van der Waals surface area contributed by atoms with Crippen LogP contribution in [0.15, 0.2) is 48.7 Å². The highest BCUT2D eigenvalue weighted by atomic mass is 16.5. The molecule has 25 heavy (non-hydrogen) atoms. The zero-order chi connectivity index (χ0) is 17.6. The van der Waals surface area contributed by atoms with Crippen molar-refractivity contribution in [3.63, 3.8) is 0 Å². The molecular formula is C17H18N6O2. The summed E-state index contributed by atoms with van der Waals surface area (Å²) < 4.78 is 6.28. The van der Waals surface area contributed by atoms with Gasteiger partial charge in [-0.2, -0.15) is 9.78 Å². The topological polar surface area (TPSA) is 108 Å². The van der Waals surface area contributed by atoms with E-state index in [2.05, 4.69) is 20.6 Å². The lowest BCUT2D eigenvalue weighted by atomic mass is 10.2. The molecule has 0 amide bonds. The van der Waals surface area contributed by atoms with Gasteiger partial charge in [0, 0.05) is 6.54 Å². The number of nitrogens with two attached hydrogens (primary N) is 1. The van der Waals surface area contributed by atoms with Crippen molar-refractivity contribution in [3.8, 4) is 5.82 Å². The molecule has 8 heteroatoms. The maximum Gasteiger partial charge on any atom is 0.343 e. The molecule has 3 aromatic rings. The lowest BCUT2D eigenvalue weighted by Gasteiger charge is -2.07. The standard InChI is InChI=1S/C17H18N6O2/c1-2-25-17(24)13-11-20-23(16(13)18)15-9-8-14(21-22-15)19-10-12-6-4-3-5-7-12/h3-9,11H,2,10,18H2,1H3,(H,19,21). The van der Waals surface area contributed by atoms with Crippen molar-refractivity contribution >= 4 is 17.6 Å². The summed E-state index contributed by atoms with van der Waals surface area (Å²) in [6.07, 6.45) is 1.36. The highest BCUT2D eigenvalue weighted by Crippen LogP contribution is 2.17. The predicted molar refractivity (Wildman–Crippen MR) is 93.3 cm³/mol. The maximum absolute atomic E-state index is 11.8. The lowest BCUT2D eigenvalue weighted by Crippen LogP contribution is -2.10. The zero-order valence-electron chi connectivity index (χ0n) is 13.7. The van der Waals surface area contributed by atoms with Crippen LogP contribution in [0.4, 0.5) is 11.6 Å². The minimum atomic E-state index is -0.514. The van der Waals surface area contributed by atoms with Crippen molar-refractivity contribution in [2.45, 2.75) is 13.5 Å². The first-order valence-corrected chi connectivity index (χ1v) is 7.81. The van der Waals surface area contributed by atoms with Crippen LogP contribution in [-0.4, -0.2) is 32.6 Å². The second kappa shape index (κ2) is 7.43. The van der Waals surface area contributed by atoms with E-state index >= 15 is 0 Å². The van der Waals surface area contributed by atoms with E-state index in [1.807, 2.05) is 30.3 Å². The Morgan fingerprint density at radius 1 is 1.20 bits per heavy atom. The number of carbonyl (C=O) groups excluding carboxylic acids is 1. The Morgan fingerprint density at radius 2 is 2.00 bits per heavy atom. The fraction of sp³-hybridized carbons (Fsp3) is 0.176. The van der Waals surface area contributed by atoms with Crippen LogP contribution in [0.1, 0.15) is 22.8 Å². The van der Waals surface area contributed by atoms with Crippen molar-refractivity contribution in [1.82, 2.24) is 20.0 Å². The van der Waals surface area contributed by atoms with Gasteiger partial charge in [-0.1, -0.05) is 30.3 Å². The maximum atomic E-state index is 11.8. The van der Waals surface area contributed by atoms with Crippen molar-refractivity contribution in [2.75, 3.05) is 17.7 Å². The first-order valence-electron chi connectivity index (χ1n) is 7.81. The first kappa shape index (κ1) is 16.4. The highest BCUT2D eigenvalue weighted by molar-refractivity contribution is 5.94. The van der Waals surface area contributed by atoms with Crippen LogP contribution in [0.5, 0.6) is 0 Å². The number of esters is 1. The molecule has 0 saturated heterocycles. The number of rotatable bonds is 6. The molecule has 0 fully saturated rings. The monoisotopic (exact) mass is 338 g/mol. The summed E-state index contributed by atoms with van der Waals surface area (Å²) in [6.45, 7) is 2.64. The van der Waals surface area contributed by atoms with Gasteiger partial charge in [0.25, 0.3) is 0 Å². The van der Waals surface area contributed by atoms with Crippen molar-refractivity contribution in [3.05, 3.63) is 59.8 Å². The Morgan fingerprint density at radius 3 is 2.68 bits per heavy atom. The van der Waals surface area contributed by atoms with E-state index in [9.17, 15) is 4.79 Å². The summed E-state index contributed by atoms with van der Waals surface area (Å²) in [5, 5.41) is 15.5. The molecule has 0 bridgehead atoms. The van der Waals surface area contributed by atoms with Crippen LogP contribution < -0.4 is 11.1 Å². The van der Waals surface area contributed by atoms with Gasteiger partial charge in [0.15, 0.2) is 5.82 Å². The third-order valence-electron chi connectivity index (χ3n) is 3.49. The molecule has 0 aliphatic heterocycles. The summed E-state index contributed by atoms with van der Waals surface area (Å²) in [7, 11) is 0. The van der Waals surface area contributed by atoms with Gasteiger partial charge in [-0.05, 0) is 24.6 Å². The van der Waals surface area contributed by atoms with Gasteiger partial charge >= 0.3 is 5.97 Å². The Bertz CT molecular complexity index is 845. The summed E-state index contributed by atoms with van der Waals surface area (Å²) in [4.78, 5) is 11.8. The average Bonchev–Trinajstić information content (AvgIpc) is 3.03. The second-order valence-electron chi connectivity index (χ2n) is 5.19. The van der Waals surface area contributed by atoms with E-state index in [1.165, 1.54) is 10.9 Å². The third-order valence-corrected chi connectivity index (χ3v) is 3.49. The fourth-order valence-corrected chi connectivity index (χ4v) is 2.23. The number of benzene rings is 1. The number of nitrogens with one attached hydrogen (secondary N) is 1. The van der Waals surface area contributed by atoms with Gasteiger partial charge in [0.1, 0.15) is 17.2 Å². The molecule has 8 nitrogen and oxygen atoms in total. The number of anilines is 2. The van der Waals surface area contributed by atoms with Gasteiger partial charge < -0.3 is 15.8 Å². The fourth-order valence-electron chi connectivity index (χ4n) is 2.23. The number of nitrogens with zero attached hydrogens (tertiary/aromatic N) is 4. The summed E-state index contributed by atoms with van der Waals surface area (Å²) in [5.74, 6) is 0.695. The number of nitrogen functional groups attached to an aromatic ring is 1. The number of hydrogen-bond donors (Lipinski definition) is 2. The quantitative estimate of drug-likeness (QED) is 0.662. The largest absolute Gasteiger partial charge is 0.462 e. The van der Waals surface area contributed by atoms with Crippen molar-refractivity contribution in [1.29, 1.82) is 0 Å². The predicted octanol–water partition coefficient (Wildman–Crippen LogP) is 2.03. The normalized spacial score (nSPS) is 10.4. The van der Waals surface area contributed by atoms with Crippen LogP contribution in [0.25, 0.3) is 5.82 Å². The van der Waals surface area contributed by atoms with E-state index in [-0.39, 0.29) is 18.0 Å². The Labute approximate surface area is 144 Å². The molecule has 0 atom stereocenters. The Balaban J connectivity index is 1.71. The van der Waals surface area contributed by atoms with E-state index < -0.39 is 5.97 Å². The molecule has 0 aliphatic carbocycles. The molecule has 0 spiro atoms. The van der Waals surface area contributed by atoms with E-state index in [0.717, 1.165) is 5.56 Å². The minimum absolute atomic E-state index is 0.165.